The Morgan fingerprint density at radius 3 is 2.32 bits per heavy atom. The van der Waals surface area contributed by atoms with E-state index in [0.29, 0.717) is 35.6 Å². The number of carbonyl (C=O) groups is 2. The highest BCUT2D eigenvalue weighted by atomic mass is 16.5. The zero-order chi connectivity index (χ0) is 18.2. The lowest BCUT2D eigenvalue weighted by molar-refractivity contribution is 0.0600. The molecule has 2 aromatic carbocycles. The molecule has 0 radical (unpaired) electrons. The topological polar surface area (TPSA) is 73.9 Å². The molecule has 0 heterocycles. The van der Waals surface area contributed by atoms with Crippen LogP contribution in [0.15, 0.2) is 42.5 Å². The van der Waals surface area contributed by atoms with E-state index >= 15 is 0 Å². The third-order valence-electron chi connectivity index (χ3n) is 3.69. The molecule has 0 aliphatic rings. The van der Waals surface area contributed by atoms with Gasteiger partial charge in [0, 0.05) is 12.1 Å². The maximum Gasteiger partial charge on any atom is 0.337 e. The van der Waals surface area contributed by atoms with E-state index in [-0.39, 0.29) is 5.91 Å². The fraction of sp³-hybridized carbons (Fsp3) is 0.263. The second-order valence-corrected chi connectivity index (χ2v) is 5.27. The predicted molar refractivity (Wildman–Crippen MR) is 93.4 cm³/mol. The molecule has 0 aliphatic heterocycles. The van der Waals surface area contributed by atoms with Gasteiger partial charge in [0.15, 0.2) is 11.5 Å². The Kier molecular flexibility index (Phi) is 6.39. The minimum atomic E-state index is -0.472. The molecule has 0 saturated carbocycles. The molecule has 0 unspecified atom stereocenters. The summed E-state index contributed by atoms with van der Waals surface area (Å²) < 4.78 is 15.1. The summed E-state index contributed by atoms with van der Waals surface area (Å²) in [6, 6.07) is 12.0. The van der Waals surface area contributed by atoms with Crippen molar-refractivity contribution in [3.05, 3.63) is 59.2 Å². The van der Waals surface area contributed by atoms with Crippen LogP contribution in [0.2, 0.25) is 0 Å². The number of hydrogen-bond donors (Lipinski definition) is 1. The molecule has 6 heteroatoms. The van der Waals surface area contributed by atoms with E-state index in [9.17, 15) is 9.59 Å². The Morgan fingerprint density at radius 1 is 0.920 bits per heavy atom. The fourth-order valence-corrected chi connectivity index (χ4v) is 2.36. The first-order valence-corrected chi connectivity index (χ1v) is 7.76. The average molecular weight is 343 g/mol. The van der Waals surface area contributed by atoms with E-state index in [1.54, 1.807) is 32.4 Å². The van der Waals surface area contributed by atoms with Gasteiger partial charge in [0.2, 0.25) is 0 Å². The highest BCUT2D eigenvalue weighted by Gasteiger charge is 2.10. The Balaban J connectivity index is 1.95. The standard InChI is InChI=1S/C19H21NO5/c1-23-16-8-7-13(11-17(16)24-2)9-10-20-18(21)14-5-4-6-15(12-14)19(22)25-3/h4-8,11-12H,9-10H2,1-3H3,(H,20,21). The van der Waals surface area contributed by atoms with Gasteiger partial charge in [-0.3, -0.25) is 4.79 Å². The number of ether oxygens (including phenoxy) is 3. The number of hydrogen-bond acceptors (Lipinski definition) is 5. The minimum Gasteiger partial charge on any atom is -0.493 e. The quantitative estimate of drug-likeness (QED) is 0.782. The molecular weight excluding hydrogens is 322 g/mol. The van der Waals surface area contributed by atoms with Crippen LogP contribution in [0.1, 0.15) is 26.3 Å². The summed E-state index contributed by atoms with van der Waals surface area (Å²) in [5.74, 6) is 0.596. The van der Waals surface area contributed by atoms with Crippen molar-refractivity contribution < 1.29 is 23.8 Å². The number of rotatable bonds is 7. The maximum atomic E-state index is 12.2. The summed E-state index contributed by atoms with van der Waals surface area (Å²) in [6.07, 6.45) is 0.642. The van der Waals surface area contributed by atoms with Gasteiger partial charge in [0.05, 0.1) is 26.9 Å². The normalized spacial score (nSPS) is 10.0. The predicted octanol–water partition coefficient (Wildman–Crippen LogP) is 2.46. The van der Waals surface area contributed by atoms with Gasteiger partial charge >= 0.3 is 5.97 Å². The number of methoxy groups -OCH3 is 3. The molecule has 25 heavy (non-hydrogen) atoms. The van der Waals surface area contributed by atoms with E-state index in [1.807, 2.05) is 18.2 Å². The average Bonchev–Trinajstić information content (AvgIpc) is 2.67. The van der Waals surface area contributed by atoms with Crippen molar-refractivity contribution in [2.75, 3.05) is 27.9 Å². The van der Waals surface area contributed by atoms with Crippen molar-refractivity contribution in [2.45, 2.75) is 6.42 Å². The summed E-state index contributed by atoms with van der Waals surface area (Å²) in [6.45, 7) is 0.455. The van der Waals surface area contributed by atoms with Gasteiger partial charge in [-0.15, -0.1) is 0 Å². The molecule has 0 aromatic heterocycles. The molecule has 0 bridgehead atoms. The van der Waals surface area contributed by atoms with E-state index in [4.69, 9.17) is 9.47 Å². The first-order chi connectivity index (χ1) is 12.1. The monoisotopic (exact) mass is 343 g/mol. The van der Waals surface area contributed by atoms with Crippen molar-refractivity contribution in [1.82, 2.24) is 5.32 Å². The second-order valence-electron chi connectivity index (χ2n) is 5.27. The fourth-order valence-electron chi connectivity index (χ4n) is 2.36. The van der Waals surface area contributed by atoms with Gasteiger partial charge in [-0.25, -0.2) is 4.79 Å². The van der Waals surface area contributed by atoms with Crippen molar-refractivity contribution in [1.29, 1.82) is 0 Å². The van der Waals surface area contributed by atoms with Gasteiger partial charge in [-0.2, -0.15) is 0 Å². The third-order valence-corrected chi connectivity index (χ3v) is 3.69. The van der Waals surface area contributed by atoms with E-state index in [2.05, 4.69) is 10.1 Å². The largest absolute Gasteiger partial charge is 0.493 e. The Labute approximate surface area is 146 Å². The van der Waals surface area contributed by atoms with Gasteiger partial charge < -0.3 is 19.5 Å². The molecule has 0 atom stereocenters. The lowest BCUT2D eigenvalue weighted by atomic mass is 10.1. The van der Waals surface area contributed by atoms with Gasteiger partial charge in [0.1, 0.15) is 0 Å². The molecule has 2 rings (SSSR count). The molecule has 1 amide bonds. The molecule has 6 nitrogen and oxygen atoms in total. The van der Waals surface area contributed by atoms with Crippen molar-refractivity contribution in [2.24, 2.45) is 0 Å². The number of nitrogens with one attached hydrogen (secondary N) is 1. The van der Waals surface area contributed by atoms with Crippen molar-refractivity contribution in [3.8, 4) is 11.5 Å². The minimum absolute atomic E-state index is 0.244. The van der Waals surface area contributed by atoms with Crippen LogP contribution in [0.25, 0.3) is 0 Å². The van der Waals surface area contributed by atoms with Crippen LogP contribution in [0.5, 0.6) is 11.5 Å². The van der Waals surface area contributed by atoms with Gasteiger partial charge in [-0.1, -0.05) is 12.1 Å². The number of benzene rings is 2. The van der Waals surface area contributed by atoms with Crippen molar-refractivity contribution >= 4 is 11.9 Å². The van der Waals surface area contributed by atoms with Crippen LogP contribution in [0.3, 0.4) is 0 Å². The highest BCUT2D eigenvalue weighted by Crippen LogP contribution is 2.27. The molecule has 2 aromatic rings. The van der Waals surface area contributed by atoms with Gasteiger partial charge in [-0.05, 0) is 42.3 Å². The molecule has 0 fully saturated rings. The summed E-state index contributed by atoms with van der Waals surface area (Å²) in [4.78, 5) is 23.7. The second kappa shape index (κ2) is 8.73. The van der Waals surface area contributed by atoms with Crippen LogP contribution in [0.4, 0.5) is 0 Å². The van der Waals surface area contributed by atoms with Crippen LogP contribution < -0.4 is 14.8 Å². The molecule has 132 valence electrons. The summed E-state index contributed by atoms with van der Waals surface area (Å²) in [5.41, 5.74) is 1.77. The number of esters is 1. The first kappa shape index (κ1) is 18.3. The van der Waals surface area contributed by atoms with Gasteiger partial charge in [0.25, 0.3) is 5.91 Å². The number of amides is 1. The zero-order valence-electron chi connectivity index (χ0n) is 14.5. The van der Waals surface area contributed by atoms with E-state index < -0.39 is 5.97 Å². The smallest absolute Gasteiger partial charge is 0.337 e. The number of carbonyl (C=O) groups excluding carboxylic acids is 2. The third kappa shape index (κ3) is 4.73. The summed E-state index contributed by atoms with van der Waals surface area (Å²) in [7, 11) is 4.47. The maximum absolute atomic E-state index is 12.2. The first-order valence-electron chi connectivity index (χ1n) is 7.76. The molecule has 0 spiro atoms. The lowest BCUT2D eigenvalue weighted by Gasteiger charge is -2.10. The highest BCUT2D eigenvalue weighted by molar-refractivity contribution is 5.97. The van der Waals surface area contributed by atoms with Crippen LogP contribution >= 0.6 is 0 Å². The molecule has 1 N–H and O–H groups in total. The van der Waals surface area contributed by atoms with E-state index in [1.165, 1.54) is 13.2 Å². The molecule has 0 aliphatic carbocycles. The Morgan fingerprint density at radius 2 is 1.64 bits per heavy atom. The Bertz CT molecular complexity index is 757. The lowest BCUT2D eigenvalue weighted by Crippen LogP contribution is -2.25. The van der Waals surface area contributed by atoms with Crippen LogP contribution in [-0.2, 0) is 11.2 Å². The van der Waals surface area contributed by atoms with E-state index in [0.717, 1.165) is 5.56 Å². The molecule has 0 saturated heterocycles. The molecular formula is C19H21NO5. The zero-order valence-corrected chi connectivity index (χ0v) is 14.5. The summed E-state index contributed by atoms with van der Waals surface area (Å²) >= 11 is 0. The van der Waals surface area contributed by atoms with Crippen molar-refractivity contribution in [3.63, 3.8) is 0 Å². The summed E-state index contributed by atoms with van der Waals surface area (Å²) in [5, 5.41) is 2.83. The Hall–Kier alpha value is -3.02. The van der Waals surface area contributed by atoms with Crippen LogP contribution in [-0.4, -0.2) is 39.8 Å². The SMILES string of the molecule is COC(=O)c1cccc(C(=O)NCCc2ccc(OC)c(OC)c2)c1. The van der Waals surface area contributed by atoms with Crippen LogP contribution in [0, 0.1) is 0 Å².